The Balaban J connectivity index is 3.28. The van der Waals surface area contributed by atoms with Crippen molar-refractivity contribution in [1.29, 1.82) is 0 Å². The van der Waals surface area contributed by atoms with Gasteiger partial charge in [-0.15, -0.1) is 11.6 Å². The van der Waals surface area contributed by atoms with Crippen molar-refractivity contribution in [2.24, 2.45) is 0 Å². The Morgan fingerprint density at radius 1 is 1.29 bits per heavy atom. The Hall–Kier alpha value is -0.730. The minimum absolute atomic E-state index is 0.195. The van der Waals surface area contributed by atoms with Gasteiger partial charge in [0.15, 0.2) is 0 Å². The summed E-state index contributed by atoms with van der Waals surface area (Å²) in [4.78, 5) is 0. The second kappa shape index (κ2) is 6.27. The number of aryl methyl sites for hydroxylation is 1. The van der Waals surface area contributed by atoms with Crippen LogP contribution in [-0.4, -0.2) is 20.0 Å². The summed E-state index contributed by atoms with van der Waals surface area (Å²) in [7, 11) is 3.66. The van der Waals surface area contributed by atoms with Crippen molar-refractivity contribution < 1.29 is 4.74 Å². The highest BCUT2D eigenvalue weighted by atomic mass is 35.5. The molecule has 0 bridgehead atoms. The van der Waals surface area contributed by atoms with E-state index in [1.54, 1.807) is 7.11 Å². The average molecular weight is 256 g/mol. The summed E-state index contributed by atoms with van der Waals surface area (Å²) in [5, 5.41) is 3.24. The third kappa shape index (κ3) is 3.14. The maximum absolute atomic E-state index is 5.99. The van der Waals surface area contributed by atoms with E-state index in [9.17, 15) is 0 Å². The van der Waals surface area contributed by atoms with Crippen LogP contribution in [0.5, 0.6) is 5.75 Å². The minimum atomic E-state index is 0.195. The molecule has 0 saturated heterocycles. The third-order valence-electron chi connectivity index (χ3n) is 3.12. The molecule has 1 aromatic carbocycles. The number of hydrogen-bond acceptors (Lipinski definition) is 2. The van der Waals surface area contributed by atoms with Crippen LogP contribution >= 0.6 is 11.6 Å². The molecular formula is C14H22ClNO. The van der Waals surface area contributed by atoms with E-state index >= 15 is 0 Å². The fraction of sp³-hybridized carbons (Fsp3) is 0.571. The first-order valence-electron chi connectivity index (χ1n) is 5.96. The van der Waals surface area contributed by atoms with Gasteiger partial charge >= 0.3 is 0 Å². The second-order valence-corrected chi connectivity index (χ2v) is 4.91. The molecule has 0 spiro atoms. The van der Waals surface area contributed by atoms with E-state index < -0.39 is 0 Å². The molecule has 1 rings (SSSR count). The molecule has 2 nitrogen and oxygen atoms in total. The van der Waals surface area contributed by atoms with E-state index in [4.69, 9.17) is 16.3 Å². The molecule has 0 amide bonds. The molecule has 1 unspecified atom stereocenters. The molecule has 0 aliphatic carbocycles. The fourth-order valence-electron chi connectivity index (χ4n) is 2.03. The van der Waals surface area contributed by atoms with Crippen LogP contribution in [0.2, 0.25) is 0 Å². The van der Waals surface area contributed by atoms with Gasteiger partial charge in [0.25, 0.3) is 0 Å². The van der Waals surface area contributed by atoms with Gasteiger partial charge in [0, 0.05) is 11.9 Å². The largest absolute Gasteiger partial charge is 0.496 e. The summed E-state index contributed by atoms with van der Waals surface area (Å²) in [6.45, 7) is 6.44. The SMILES string of the molecule is CNC(CCl)c1cc(C(C)C)c(OC)cc1C. The number of hydrogen-bond donors (Lipinski definition) is 1. The molecule has 0 heterocycles. The second-order valence-electron chi connectivity index (χ2n) is 4.60. The molecule has 0 fully saturated rings. The normalized spacial score (nSPS) is 12.9. The summed E-state index contributed by atoms with van der Waals surface area (Å²) in [6.07, 6.45) is 0. The van der Waals surface area contributed by atoms with Crippen molar-refractivity contribution in [3.05, 3.63) is 28.8 Å². The summed E-state index contributed by atoms with van der Waals surface area (Å²) in [6, 6.07) is 4.50. The van der Waals surface area contributed by atoms with Gasteiger partial charge in [0.2, 0.25) is 0 Å². The van der Waals surface area contributed by atoms with Crippen LogP contribution in [0.15, 0.2) is 12.1 Å². The number of rotatable bonds is 5. The molecule has 3 heteroatoms. The molecule has 96 valence electrons. The number of nitrogens with one attached hydrogen (secondary N) is 1. The molecular weight excluding hydrogens is 234 g/mol. The number of alkyl halides is 1. The predicted octanol–water partition coefficient (Wildman–Crippen LogP) is 3.63. The van der Waals surface area contributed by atoms with Gasteiger partial charge in [0.1, 0.15) is 5.75 Å². The molecule has 1 aromatic rings. The molecule has 1 N–H and O–H groups in total. The van der Waals surface area contributed by atoms with Crippen molar-refractivity contribution in [2.45, 2.75) is 32.7 Å². The molecule has 0 saturated carbocycles. The molecule has 0 aliphatic rings. The van der Waals surface area contributed by atoms with E-state index in [0.717, 1.165) is 5.75 Å². The lowest BCUT2D eigenvalue weighted by molar-refractivity contribution is 0.406. The van der Waals surface area contributed by atoms with Crippen molar-refractivity contribution in [2.75, 3.05) is 20.0 Å². The van der Waals surface area contributed by atoms with Crippen LogP contribution in [0.1, 0.15) is 42.5 Å². The standard InChI is InChI=1S/C14H22ClNO/c1-9(2)11-7-12(13(8-15)16-4)10(3)6-14(11)17-5/h6-7,9,13,16H,8H2,1-5H3. The first kappa shape index (κ1) is 14.3. The molecule has 0 radical (unpaired) electrons. The van der Waals surface area contributed by atoms with Crippen LogP contribution in [0.4, 0.5) is 0 Å². The maximum atomic E-state index is 5.99. The summed E-state index contributed by atoms with van der Waals surface area (Å²) >= 11 is 5.99. The monoisotopic (exact) mass is 255 g/mol. The van der Waals surface area contributed by atoms with Gasteiger partial charge in [0.05, 0.1) is 7.11 Å². The summed E-state index contributed by atoms with van der Waals surface area (Å²) in [5.41, 5.74) is 3.71. The maximum Gasteiger partial charge on any atom is 0.122 e. The lowest BCUT2D eigenvalue weighted by atomic mass is 9.93. The van der Waals surface area contributed by atoms with Crippen LogP contribution in [0, 0.1) is 6.92 Å². The quantitative estimate of drug-likeness (QED) is 0.812. The molecule has 0 aliphatic heterocycles. The van der Waals surface area contributed by atoms with Crippen LogP contribution in [0.25, 0.3) is 0 Å². The van der Waals surface area contributed by atoms with Crippen LogP contribution in [0.3, 0.4) is 0 Å². The molecule has 1 atom stereocenters. The number of methoxy groups -OCH3 is 1. The van der Waals surface area contributed by atoms with Gasteiger partial charge in [-0.2, -0.15) is 0 Å². The van der Waals surface area contributed by atoms with E-state index in [1.165, 1.54) is 16.7 Å². The zero-order valence-electron chi connectivity index (χ0n) is 11.3. The van der Waals surface area contributed by atoms with Crippen molar-refractivity contribution in [3.8, 4) is 5.75 Å². The van der Waals surface area contributed by atoms with Crippen molar-refractivity contribution in [1.82, 2.24) is 5.32 Å². The Labute approximate surface area is 109 Å². The van der Waals surface area contributed by atoms with E-state index in [2.05, 4.69) is 38.2 Å². The Kier molecular flexibility index (Phi) is 5.29. The lowest BCUT2D eigenvalue weighted by Crippen LogP contribution is -2.19. The Bertz CT molecular complexity index is 373. The van der Waals surface area contributed by atoms with Crippen molar-refractivity contribution >= 4 is 11.6 Å². The number of halogens is 1. The van der Waals surface area contributed by atoms with E-state index in [1.807, 2.05) is 7.05 Å². The van der Waals surface area contributed by atoms with Crippen molar-refractivity contribution in [3.63, 3.8) is 0 Å². The van der Waals surface area contributed by atoms with Crippen LogP contribution < -0.4 is 10.1 Å². The number of ether oxygens (including phenoxy) is 1. The fourth-order valence-corrected chi connectivity index (χ4v) is 2.36. The van der Waals surface area contributed by atoms with Gasteiger partial charge in [-0.1, -0.05) is 13.8 Å². The highest BCUT2D eigenvalue weighted by Crippen LogP contribution is 2.32. The Morgan fingerprint density at radius 2 is 1.94 bits per heavy atom. The lowest BCUT2D eigenvalue weighted by Gasteiger charge is -2.20. The number of benzene rings is 1. The highest BCUT2D eigenvalue weighted by molar-refractivity contribution is 6.18. The van der Waals surface area contributed by atoms with Gasteiger partial charge < -0.3 is 10.1 Å². The van der Waals surface area contributed by atoms with Crippen LogP contribution in [-0.2, 0) is 0 Å². The zero-order chi connectivity index (χ0) is 13.0. The first-order chi connectivity index (χ1) is 8.04. The minimum Gasteiger partial charge on any atom is -0.496 e. The van der Waals surface area contributed by atoms with Gasteiger partial charge in [-0.3, -0.25) is 0 Å². The zero-order valence-corrected chi connectivity index (χ0v) is 12.1. The van der Waals surface area contributed by atoms with Gasteiger partial charge in [-0.25, -0.2) is 0 Å². The average Bonchev–Trinajstić information content (AvgIpc) is 2.31. The summed E-state index contributed by atoms with van der Waals surface area (Å²) < 4.78 is 5.44. The van der Waals surface area contributed by atoms with E-state index in [0.29, 0.717) is 11.8 Å². The van der Waals surface area contributed by atoms with E-state index in [-0.39, 0.29) is 6.04 Å². The highest BCUT2D eigenvalue weighted by Gasteiger charge is 2.16. The smallest absolute Gasteiger partial charge is 0.122 e. The first-order valence-corrected chi connectivity index (χ1v) is 6.50. The molecule has 17 heavy (non-hydrogen) atoms. The topological polar surface area (TPSA) is 21.3 Å². The third-order valence-corrected chi connectivity index (χ3v) is 3.43. The Morgan fingerprint density at radius 3 is 2.35 bits per heavy atom. The van der Waals surface area contributed by atoms with Gasteiger partial charge in [-0.05, 0) is 48.7 Å². The predicted molar refractivity (Wildman–Crippen MR) is 74.3 cm³/mol. The summed E-state index contributed by atoms with van der Waals surface area (Å²) in [5.74, 6) is 1.98. The molecule has 0 aromatic heterocycles.